The zero-order chi connectivity index (χ0) is 23.6. The number of likely N-dealkylation sites (tertiary alicyclic amines) is 1. The normalized spacial score (nSPS) is 21.5. The Morgan fingerprint density at radius 2 is 1.94 bits per heavy atom. The Hall–Kier alpha value is -2.74. The molecule has 2 saturated heterocycles. The van der Waals surface area contributed by atoms with Crippen molar-refractivity contribution in [2.24, 2.45) is 5.92 Å². The van der Waals surface area contributed by atoms with Crippen LogP contribution in [0.2, 0.25) is 0 Å². The van der Waals surface area contributed by atoms with Crippen molar-refractivity contribution in [1.29, 1.82) is 0 Å². The van der Waals surface area contributed by atoms with Crippen molar-refractivity contribution in [3.8, 4) is 0 Å². The van der Waals surface area contributed by atoms with Crippen molar-refractivity contribution in [3.05, 3.63) is 51.5 Å². The Balaban J connectivity index is 1.38. The van der Waals surface area contributed by atoms with Crippen LogP contribution in [0.5, 0.6) is 0 Å². The summed E-state index contributed by atoms with van der Waals surface area (Å²) in [4.78, 5) is 47.7. The standard InChI is InChI=1S/C25H32N4O3S/c1-4-25(23(31)29(24(32)27-25)14-11-21-18(3)26-16-33-21)20-9-12-28(13-10-20)22(30)15-19-8-6-5-7-17(19)2/h5-8,16,20H,4,9-15H2,1-3H3,(H,27,32)/t25-/m0/s1. The van der Waals surface area contributed by atoms with Crippen LogP contribution in [0.25, 0.3) is 0 Å². The summed E-state index contributed by atoms with van der Waals surface area (Å²) in [5.74, 6) is 0.0232. The summed E-state index contributed by atoms with van der Waals surface area (Å²) in [5, 5.41) is 3.04. The van der Waals surface area contributed by atoms with Gasteiger partial charge < -0.3 is 10.2 Å². The molecule has 2 aromatic rings. The van der Waals surface area contributed by atoms with Gasteiger partial charge in [0, 0.05) is 30.9 Å². The molecule has 2 fully saturated rings. The molecule has 4 amide bonds. The Labute approximate surface area is 199 Å². The molecule has 1 N–H and O–H groups in total. The maximum absolute atomic E-state index is 13.5. The molecular weight excluding hydrogens is 436 g/mol. The molecule has 1 aromatic carbocycles. The molecule has 0 bridgehead atoms. The van der Waals surface area contributed by atoms with Crippen LogP contribution in [0.1, 0.15) is 47.9 Å². The minimum absolute atomic E-state index is 0.0246. The van der Waals surface area contributed by atoms with Crippen LogP contribution in [0.15, 0.2) is 29.8 Å². The van der Waals surface area contributed by atoms with Gasteiger partial charge in [-0.15, -0.1) is 11.3 Å². The van der Waals surface area contributed by atoms with E-state index in [4.69, 9.17) is 0 Å². The summed E-state index contributed by atoms with van der Waals surface area (Å²) in [6, 6.07) is 7.66. The SMILES string of the molecule is CC[C@@]1(C2CCN(C(=O)Cc3ccccc3C)CC2)NC(=O)N(CCc2scnc2C)C1=O. The fraction of sp³-hybridized carbons (Fsp3) is 0.520. The Morgan fingerprint density at radius 1 is 1.21 bits per heavy atom. The number of nitrogens with one attached hydrogen (secondary N) is 1. The molecule has 0 radical (unpaired) electrons. The summed E-state index contributed by atoms with van der Waals surface area (Å²) in [6.45, 7) is 7.52. The van der Waals surface area contributed by atoms with Crippen LogP contribution in [0.4, 0.5) is 4.79 Å². The van der Waals surface area contributed by atoms with Crippen LogP contribution in [-0.4, -0.2) is 57.8 Å². The molecule has 0 unspecified atom stereocenters. The largest absolute Gasteiger partial charge is 0.342 e. The van der Waals surface area contributed by atoms with E-state index in [1.807, 2.05) is 49.9 Å². The van der Waals surface area contributed by atoms with Crippen LogP contribution in [0.3, 0.4) is 0 Å². The first-order valence-electron chi connectivity index (χ1n) is 11.7. The molecule has 2 aliphatic rings. The molecule has 176 valence electrons. The highest BCUT2D eigenvalue weighted by Gasteiger charge is 2.54. The fourth-order valence-electron chi connectivity index (χ4n) is 5.14. The van der Waals surface area contributed by atoms with Crippen molar-refractivity contribution in [3.63, 3.8) is 0 Å². The second-order valence-electron chi connectivity index (χ2n) is 9.08. The molecule has 33 heavy (non-hydrogen) atoms. The summed E-state index contributed by atoms with van der Waals surface area (Å²) in [7, 11) is 0. The number of rotatable bonds is 7. The predicted octanol–water partition coefficient (Wildman–Crippen LogP) is 3.48. The van der Waals surface area contributed by atoms with Gasteiger partial charge in [-0.05, 0) is 50.2 Å². The number of piperidine rings is 1. The third-order valence-electron chi connectivity index (χ3n) is 7.31. The van der Waals surface area contributed by atoms with Crippen molar-refractivity contribution in [1.82, 2.24) is 20.1 Å². The van der Waals surface area contributed by atoms with Crippen LogP contribution in [0, 0.1) is 19.8 Å². The van der Waals surface area contributed by atoms with E-state index < -0.39 is 5.54 Å². The summed E-state index contributed by atoms with van der Waals surface area (Å²) >= 11 is 1.56. The molecule has 0 aliphatic carbocycles. The fourth-order valence-corrected chi connectivity index (χ4v) is 5.91. The zero-order valence-corrected chi connectivity index (χ0v) is 20.4. The Bertz CT molecular complexity index is 1040. The number of benzene rings is 1. The molecule has 0 saturated carbocycles. The molecule has 4 rings (SSSR count). The lowest BCUT2D eigenvalue weighted by molar-refractivity contribution is -0.135. The van der Waals surface area contributed by atoms with Crippen molar-refractivity contribution in [2.45, 2.75) is 58.4 Å². The molecule has 0 spiro atoms. The van der Waals surface area contributed by atoms with Crippen LogP contribution < -0.4 is 5.32 Å². The number of urea groups is 1. The molecule has 3 heterocycles. The second kappa shape index (κ2) is 9.63. The maximum atomic E-state index is 13.5. The van der Waals surface area contributed by atoms with Crippen LogP contribution in [-0.2, 0) is 22.4 Å². The van der Waals surface area contributed by atoms with E-state index in [-0.39, 0.29) is 23.8 Å². The molecule has 1 atom stereocenters. The minimum Gasteiger partial charge on any atom is -0.342 e. The highest BCUT2D eigenvalue weighted by Crippen LogP contribution is 2.36. The van der Waals surface area contributed by atoms with Gasteiger partial charge in [0.05, 0.1) is 17.6 Å². The number of amides is 4. The van der Waals surface area contributed by atoms with Crippen molar-refractivity contribution >= 4 is 29.2 Å². The summed E-state index contributed by atoms with van der Waals surface area (Å²) < 4.78 is 0. The lowest BCUT2D eigenvalue weighted by Crippen LogP contribution is -2.56. The number of aromatic nitrogens is 1. The van der Waals surface area contributed by atoms with E-state index in [0.717, 1.165) is 21.7 Å². The second-order valence-corrected chi connectivity index (χ2v) is 10.0. The Kier molecular flexibility index (Phi) is 6.83. The van der Waals surface area contributed by atoms with Gasteiger partial charge in [-0.3, -0.25) is 14.5 Å². The smallest absolute Gasteiger partial charge is 0.325 e. The number of hydrogen-bond acceptors (Lipinski definition) is 5. The first-order chi connectivity index (χ1) is 15.9. The van der Waals surface area contributed by atoms with Crippen molar-refractivity contribution < 1.29 is 14.4 Å². The molecule has 8 heteroatoms. The van der Waals surface area contributed by atoms with E-state index in [0.29, 0.717) is 51.7 Å². The number of aryl methyl sites for hydroxylation is 2. The molecule has 1 aromatic heterocycles. The number of hydrogen-bond donors (Lipinski definition) is 1. The summed E-state index contributed by atoms with van der Waals surface area (Å²) in [6.07, 6.45) is 3.00. The van der Waals surface area contributed by atoms with Gasteiger partial charge in [-0.2, -0.15) is 0 Å². The van der Waals surface area contributed by atoms with E-state index >= 15 is 0 Å². The summed E-state index contributed by atoms with van der Waals surface area (Å²) in [5.41, 5.74) is 4.06. The molecule has 2 aliphatic heterocycles. The van der Waals surface area contributed by atoms with Gasteiger partial charge in [-0.1, -0.05) is 31.2 Å². The lowest BCUT2D eigenvalue weighted by atomic mass is 9.75. The highest BCUT2D eigenvalue weighted by molar-refractivity contribution is 7.09. The van der Waals surface area contributed by atoms with Gasteiger partial charge in [0.2, 0.25) is 5.91 Å². The van der Waals surface area contributed by atoms with E-state index in [2.05, 4.69) is 10.3 Å². The third kappa shape index (κ3) is 4.53. The van der Waals surface area contributed by atoms with E-state index in [1.165, 1.54) is 4.90 Å². The molecule has 7 nitrogen and oxygen atoms in total. The average Bonchev–Trinajstić information content (AvgIpc) is 3.34. The number of thiazole rings is 1. The van der Waals surface area contributed by atoms with Gasteiger partial charge in [-0.25, -0.2) is 9.78 Å². The number of carbonyl (C=O) groups excluding carboxylic acids is 3. The van der Waals surface area contributed by atoms with Gasteiger partial charge in [0.15, 0.2) is 0 Å². The van der Waals surface area contributed by atoms with Gasteiger partial charge in [0.1, 0.15) is 5.54 Å². The van der Waals surface area contributed by atoms with Crippen LogP contribution >= 0.6 is 11.3 Å². The number of imide groups is 1. The first-order valence-corrected chi connectivity index (χ1v) is 12.6. The number of carbonyl (C=O) groups is 3. The van der Waals surface area contributed by atoms with E-state index in [9.17, 15) is 14.4 Å². The van der Waals surface area contributed by atoms with Crippen molar-refractivity contribution in [2.75, 3.05) is 19.6 Å². The lowest BCUT2D eigenvalue weighted by Gasteiger charge is -2.40. The van der Waals surface area contributed by atoms with E-state index in [1.54, 1.807) is 16.8 Å². The highest BCUT2D eigenvalue weighted by atomic mass is 32.1. The quantitative estimate of drug-likeness (QED) is 0.631. The maximum Gasteiger partial charge on any atom is 0.325 e. The predicted molar refractivity (Wildman–Crippen MR) is 128 cm³/mol. The van der Waals surface area contributed by atoms with Gasteiger partial charge in [0.25, 0.3) is 5.91 Å². The minimum atomic E-state index is -0.870. The topological polar surface area (TPSA) is 82.6 Å². The van der Waals surface area contributed by atoms with Gasteiger partial charge >= 0.3 is 6.03 Å². The monoisotopic (exact) mass is 468 g/mol. The third-order valence-corrected chi connectivity index (χ3v) is 8.31. The number of nitrogens with zero attached hydrogens (tertiary/aromatic N) is 3. The first kappa shape index (κ1) is 23.4. The Morgan fingerprint density at radius 3 is 2.58 bits per heavy atom. The average molecular weight is 469 g/mol. The zero-order valence-electron chi connectivity index (χ0n) is 19.6. The molecular formula is C25H32N4O3S.